The highest BCUT2D eigenvalue weighted by Gasteiger charge is 2.38. The summed E-state index contributed by atoms with van der Waals surface area (Å²) >= 11 is 0. The van der Waals surface area contributed by atoms with Gasteiger partial charge in [-0.2, -0.15) is 0 Å². The van der Waals surface area contributed by atoms with Crippen LogP contribution in [0, 0.1) is 0 Å². The van der Waals surface area contributed by atoms with Crippen LogP contribution in [0.1, 0.15) is 32.3 Å². The number of hydrogen-bond acceptors (Lipinski definition) is 2. The van der Waals surface area contributed by atoms with Crippen LogP contribution in [0.15, 0.2) is 30.3 Å². The summed E-state index contributed by atoms with van der Waals surface area (Å²) in [6.07, 6.45) is 1.27. The minimum atomic E-state index is -0.376. The largest absolute Gasteiger partial charge is 0.343 e. The summed E-state index contributed by atoms with van der Waals surface area (Å²) < 4.78 is 0. The third-order valence-corrected chi connectivity index (χ3v) is 3.57. The first-order chi connectivity index (χ1) is 9.17. The van der Waals surface area contributed by atoms with Crippen molar-refractivity contribution in [1.29, 1.82) is 0 Å². The SMILES string of the molecule is CCC1C(=O)N[C@H](CC)C(=O)N1Cc1ccccc1. The number of piperazine rings is 1. The van der Waals surface area contributed by atoms with E-state index in [1.165, 1.54) is 0 Å². The lowest BCUT2D eigenvalue weighted by atomic mass is 10.0. The van der Waals surface area contributed by atoms with Gasteiger partial charge in [0.15, 0.2) is 0 Å². The Morgan fingerprint density at radius 1 is 1.11 bits per heavy atom. The van der Waals surface area contributed by atoms with Gasteiger partial charge in [-0.05, 0) is 18.4 Å². The molecule has 2 atom stereocenters. The van der Waals surface area contributed by atoms with Crippen LogP contribution in [0.5, 0.6) is 0 Å². The summed E-state index contributed by atoms with van der Waals surface area (Å²) in [5, 5.41) is 2.80. The molecule has 1 unspecified atom stereocenters. The van der Waals surface area contributed by atoms with E-state index >= 15 is 0 Å². The summed E-state index contributed by atoms with van der Waals surface area (Å²) in [4.78, 5) is 26.1. The Morgan fingerprint density at radius 3 is 2.37 bits per heavy atom. The van der Waals surface area contributed by atoms with E-state index in [0.29, 0.717) is 19.4 Å². The van der Waals surface area contributed by atoms with Crippen molar-refractivity contribution < 1.29 is 9.59 Å². The molecule has 1 fully saturated rings. The normalized spacial score (nSPS) is 23.4. The van der Waals surface area contributed by atoms with Crippen molar-refractivity contribution >= 4 is 11.8 Å². The second-order valence-electron chi connectivity index (χ2n) is 4.85. The van der Waals surface area contributed by atoms with Crippen LogP contribution in [0.25, 0.3) is 0 Å². The van der Waals surface area contributed by atoms with Crippen LogP contribution in [-0.4, -0.2) is 28.8 Å². The molecule has 4 nitrogen and oxygen atoms in total. The predicted octanol–water partition coefficient (Wildman–Crippen LogP) is 1.70. The average Bonchev–Trinajstić information content (AvgIpc) is 2.44. The second kappa shape index (κ2) is 5.87. The van der Waals surface area contributed by atoms with E-state index in [1.807, 2.05) is 44.2 Å². The lowest BCUT2D eigenvalue weighted by molar-refractivity contribution is -0.150. The lowest BCUT2D eigenvalue weighted by Crippen LogP contribution is -2.62. The van der Waals surface area contributed by atoms with Crippen LogP contribution < -0.4 is 5.32 Å². The maximum absolute atomic E-state index is 12.4. The number of nitrogens with zero attached hydrogens (tertiary/aromatic N) is 1. The van der Waals surface area contributed by atoms with Gasteiger partial charge in [0, 0.05) is 6.54 Å². The number of rotatable bonds is 4. The van der Waals surface area contributed by atoms with Gasteiger partial charge in [-0.25, -0.2) is 0 Å². The van der Waals surface area contributed by atoms with E-state index in [1.54, 1.807) is 4.90 Å². The van der Waals surface area contributed by atoms with Crippen LogP contribution >= 0.6 is 0 Å². The summed E-state index contributed by atoms with van der Waals surface area (Å²) in [5.41, 5.74) is 1.05. The van der Waals surface area contributed by atoms with Crippen molar-refractivity contribution in [3.05, 3.63) is 35.9 Å². The number of nitrogens with one attached hydrogen (secondary N) is 1. The van der Waals surface area contributed by atoms with E-state index in [2.05, 4.69) is 5.32 Å². The molecule has 0 aliphatic carbocycles. The van der Waals surface area contributed by atoms with Gasteiger partial charge < -0.3 is 10.2 Å². The van der Waals surface area contributed by atoms with Gasteiger partial charge in [0.05, 0.1) is 0 Å². The Morgan fingerprint density at radius 2 is 1.79 bits per heavy atom. The van der Waals surface area contributed by atoms with Crippen molar-refractivity contribution in [2.24, 2.45) is 0 Å². The highest BCUT2D eigenvalue weighted by molar-refractivity contribution is 5.96. The molecule has 2 rings (SSSR count). The number of hydrogen-bond donors (Lipinski definition) is 1. The molecule has 0 spiro atoms. The first-order valence-electron chi connectivity index (χ1n) is 6.82. The molecule has 0 aromatic heterocycles. The quantitative estimate of drug-likeness (QED) is 0.896. The van der Waals surface area contributed by atoms with Crippen molar-refractivity contribution in [2.45, 2.75) is 45.3 Å². The van der Waals surface area contributed by atoms with Gasteiger partial charge in [-0.3, -0.25) is 9.59 Å². The molecule has 1 saturated heterocycles. The molecule has 0 saturated carbocycles. The number of benzene rings is 1. The third kappa shape index (κ3) is 2.78. The third-order valence-electron chi connectivity index (χ3n) is 3.57. The molecule has 1 aromatic rings. The zero-order valence-corrected chi connectivity index (χ0v) is 11.4. The fourth-order valence-corrected chi connectivity index (χ4v) is 2.48. The number of carbonyl (C=O) groups is 2. The van der Waals surface area contributed by atoms with Crippen LogP contribution in [-0.2, 0) is 16.1 Å². The summed E-state index contributed by atoms with van der Waals surface area (Å²) in [6.45, 7) is 4.35. The van der Waals surface area contributed by atoms with Crippen molar-refractivity contribution in [2.75, 3.05) is 0 Å². The molecule has 1 aromatic carbocycles. The zero-order valence-electron chi connectivity index (χ0n) is 11.4. The van der Waals surface area contributed by atoms with E-state index in [9.17, 15) is 9.59 Å². The van der Waals surface area contributed by atoms with Gasteiger partial charge >= 0.3 is 0 Å². The van der Waals surface area contributed by atoms with Crippen LogP contribution in [0.3, 0.4) is 0 Å². The minimum absolute atomic E-state index is 0.0257. The topological polar surface area (TPSA) is 49.4 Å². The first-order valence-corrected chi connectivity index (χ1v) is 6.82. The smallest absolute Gasteiger partial charge is 0.246 e. The molecule has 1 aliphatic rings. The van der Waals surface area contributed by atoms with Crippen LogP contribution in [0.2, 0.25) is 0 Å². The van der Waals surface area contributed by atoms with Gasteiger partial charge in [0.1, 0.15) is 12.1 Å². The molecule has 1 N–H and O–H groups in total. The monoisotopic (exact) mass is 260 g/mol. The van der Waals surface area contributed by atoms with E-state index in [0.717, 1.165) is 5.56 Å². The standard InChI is InChI=1S/C15H20N2O2/c1-3-12-15(19)17(13(4-2)14(18)16-12)10-11-8-6-5-7-9-11/h5-9,12-13H,3-4,10H2,1-2H3,(H,16,18)/t12-,13?/m1/s1. The van der Waals surface area contributed by atoms with Gasteiger partial charge in [0.25, 0.3) is 0 Å². The minimum Gasteiger partial charge on any atom is -0.343 e. The molecule has 1 heterocycles. The summed E-state index contributed by atoms with van der Waals surface area (Å²) in [7, 11) is 0. The van der Waals surface area contributed by atoms with Crippen molar-refractivity contribution in [3.8, 4) is 0 Å². The van der Waals surface area contributed by atoms with E-state index in [-0.39, 0.29) is 23.9 Å². The molecule has 19 heavy (non-hydrogen) atoms. The molecule has 0 radical (unpaired) electrons. The Hall–Kier alpha value is -1.84. The average molecular weight is 260 g/mol. The highest BCUT2D eigenvalue weighted by Crippen LogP contribution is 2.18. The summed E-state index contributed by atoms with van der Waals surface area (Å²) in [6, 6.07) is 9.07. The Bertz CT molecular complexity index is 458. The number of carbonyl (C=O) groups excluding carboxylic acids is 2. The van der Waals surface area contributed by atoms with Crippen LogP contribution in [0.4, 0.5) is 0 Å². The lowest BCUT2D eigenvalue weighted by Gasteiger charge is -2.38. The van der Waals surface area contributed by atoms with E-state index in [4.69, 9.17) is 0 Å². The Labute approximate surface area is 113 Å². The Kier molecular flexibility index (Phi) is 4.20. The first kappa shape index (κ1) is 13.6. The fourth-order valence-electron chi connectivity index (χ4n) is 2.48. The number of amides is 2. The summed E-state index contributed by atoms with van der Waals surface area (Å²) in [5.74, 6) is -0.0114. The molecule has 102 valence electrons. The molecule has 1 aliphatic heterocycles. The molecule has 0 bridgehead atoms. The molecule has 4 heteroatoms. The van der Waals surface area contributed by atoms with Gasteiger partial charge in [-0.1, -0.05) is 44.2 Å². The maximum Gasteiger partial charge on any atom is 0.246 e. The zero-order chi connectivity index (χ0) is 13.8. The second-order valence-corrected chi connectivity index (χ2v) is 4.85. The maximum atomic E-state index is 12.4. The van der Waals surface area contributed by atoms with Gasteiger partial charge in [-0.15, -0.1) is 0 Å². The van der Waals surface area contributed by atoms with Crippen molar-refractivity contribution in [3.63, 3.8) is 0 Å². The Balaban J connectivity index is 2.22. The highest BCUT2D eigenvalue weighted by atomic mass is 16.2. The predicted molar refractivity (Wildman–Crippen MR) is 73.3 cm³/mol. The molecular weight excluding hydrogens is 240 g/mol. The fraction of sp³-hybridized carbons (Fsp3) is 0.467. The molecule has 2 amide bonds. The van der Waals surface area contributed by atoms with E-state index < -0.39 is 0 Å². The van der Waals surface area contributed by atoms with Crippen molar-refractivity contribution in [1.82, 2.24) is 10.2 Å². The van der Waals surface area contributed by atoms with Gasteiger partial charge in [0.2, 0.25) is 11.8 Å². The molecular formula is C15H20N2O2.